The van der Waals surface area contributed by atoms with Crippen LogP contribution in [0.4, 0.5) is 5.69 Å². The smallest absolute Gasteiger partial charge is 0.257 e. The summed E-state index contributed by atoms with van der Waals surface area (Å²) in [6, 6.07) is 9.63. The minimum atomic E-state index is -3.81. The van der Waals surface area contributed by atoms with Gasteiger partial charge >= 0.3 is 0 Å². The van der Waals surface area contributed by atoms with Crippen LogP contribution in [0.25, 0.3) is 0 Å². The number of sulfonamides is 2. The summed E-state index contributed by atoms with van der Waals surface area (Å²) in [4.78, 5) is 12.5. The Morgan fingerprint density at radius 1 is 0.893 bits per heavy atom. The average molecular weight is 446 g/mol. The number of hydrogen-bond donors (Lipinski definition) is 1. The van der Waals surface area contributed by atoms with E-state index in [1.54, 1.807) is 6.07 Å². The molecule has 0 atom stereocenters. The topological polar surface area (TPSA) is 104 Å². The molecule has 2 aromatic carbocycles. The van der Waals surface area contributed by atoms with Gasteiger partial charge in [-0.1, -0.05) is 23.7 Å². The predicted octanol–water partition coefficient (Wildman–Crippen LogP) is 2.09. The van der Waals surface area contributed by atoms with Gasteiger partial charge in [0.1, 0.15) is 4.90 Å². The van der Waals surface area contributed by atoms with Gasteiger partial charge in [0.15, 0.2) is 0 Å². The fraction of sp³-hybridized carbons (Fsp3) is 0.235. The van der Waals surface area contributed by atoms with Crippen LogP contribution in [0, 0.1) is 0 Å². The summed E-state index contributed by atoms with van der Waals surface area (Å²) in [5.74, 6) is -0.734. The van der Waals surface area contributed by atoms with Crippen molar-refractivity contribution in [3.05, 3.63) is 53.1 Å². The van der Waals surface area contributed by atoms with Crippen LogP contribution in [-0.4, -0.2) is 59.5 Å². The Bertz CT molecular complexity index is 1110. The van der Waals surface area contributed by atoms with Gasteiger partial charge in [0.2, 0.25) is 20.0 Å². The van der Waals surface area contributed by atoms with Crippen LogP contribution in [-0.2, 0) is 20.0 Å². The molecular weight excluding hydrogens is 426 g/mol. The van der Waals surface area contributed by atoms with E-state index in [-0.39, 0.29) is 26.1 Å². The Balaban J connectivity index is 2.48. The van der Waals surface area contributed by atoms with Gasteiger partial charge in [0, 0.05) is 28.2 Å². The fourth-order valence-corrected chi connectivity index (χ4v) is 4.40. The van der Waals surface area contributed by atoms with E-state index in [0.29, 0.717) is 0 Å². The van der Waals surface area contributed by atoms with E-state index in [2.05, 4.69) is 5.32 Å². The highest BCUT2D eigenvalue weighted by Crippen LogP contribution is 2.26. The number of halogens is 1. The SMILES string of the molecule is CN(C)S(=O)(=O)c1ccc(Cl)c(C(=O)Nc2ccccc2S(=O)(=O)N(C)C)c1. The molecule has 1 N–H and O–H groups in total. The number of nitrogens with zero attached hydrogens (tertiary/aromatic N) is 2. The molecule has 0 aliphatic rings. The second-order valence-electron chi connectivity index (χ2n) is 6.17. The average Bonchev–Trinajstić information content (AvgIpc) is 2.61. The zero-order chi connectivity index (χ0) is 21.3. The van der Waals surface area contributed by atoms with E-state index in [4.69, 9.17) is 11.6 Å². The third-order valence-electron chi connectivity index (χ3n) is 3.85. The molecule has 0 fully saturated rings. The van der Waals surface area contributed by atoms with Crippen LogP contribution in [0.15, 0.2) is 52.3 Å². The van der Waals surface area contributed by atoms with Crippen molar-refractivity contribution in [2.75, 3.05) is 33.5 Å². The van der Waals surface area contributed by atoms with Gasteiger partial charge in [-0.3, -0.25) is 4.79 Å². The molecule has 0 saturated heterocycles. The number of para-hydroxylation sites is 1. The van der Waals surface area contributed by atoms with Crippen molar-refractivity contribution in [3.8, 4) is 0 Å². The number of carbonyl (C=O) groups is 1. The third kappa shape index (κ3) is 4.36. The summed E-state index contributed by atoms with van der Waals surface area (Å²) in [6.07, 6.45) is 0. The van der Waals surface area contributed by atoms with Gasteiger partial charge in [-0.25, -0.2) is 25.4 Å². The van der Waals surface area contributed by atoms with E-state index in [1.165, 1.54) is 58.5 Å². The molecular formula is C17H20ClN3O5S2. The lowest BCUT2D eigenvalue weighted by Gasteiger charge is -2.16. The quantitative estimate of drug-likeness (QED) is 0.733. The summed E-state index contributed by atoms with van der Waals surface area (Å²) in [6.45, 7) is 0. The highest BCUT2D eigenvalue weighted by atomic mass is 35.5. The second kappa shape index (κ2) is 8.18. The van der Waals surface area contributed by atoms with Gasteiger partial charge < -0.3 is 5.32 Å². The molecule has 1 amide bonds. The number of rotatable bonds is 6. The Hall–Kier alpha value is -1.98. The Morgan fingerprint density at radius 3 is 2.04 bits per heavy atom. The zero-order valence-electron chi connectivity index (χ0n) is 15.7. The maximum Gasteiger partial charge on any atom is 0.257 e. The molecule has 0 heterocycles. The van der Waals surface area contributed by atoms with Crippen LogP contribution in [0.1, 0.15) is 10.4 Å². The maximum atomic E-state index is 12.7. The van der Waals surface area contributed by atoms with Gasteiger partial charge in [-0.2, -0.15) is 0 Å². The molecule has 0 radical (unpaired) electrons. The maximum absolute atomic E-state index is 12.7. The van der Waals surface area contributed by atoms with Crippen LogP contribution < -0.4 is 5.32 Å². The molecule has 11 heteroatoms. The van der Waals surface area contributed by atoms with Crippen LogP contribution in [0.3, 0.4) is 0 Å². The van der Waals surface area contributed by atoms with Crippen molar-refractivity contribution >= 4 is 43.2 Å². The predicted molar refractivity (Wildman–Crippen MR) is 108 cm³/mol. The van der Waals surface area contributed by atoms with Gasteiger partial charge in [0.25, 0.3) is 5.91 Å². The molecule has 0 aliphatic heterocycles. The van der Waals surface area contributed by atoms with E-state index in [9.17, 15) is 21.6 Å². The monoisotopic (exact) mass is 445 g/mol. The number of carbonyl (C=O) groups excluding carboxylic acids is 1. The Morgan fingerprint density at radius 2 is 1.46 bits per heavy atom. The first-order valence-electron chi connectivity index (χ1n) is 7.94. The normalized spacial score (nSPS) is 12.4. The molecule has 28 heavy (non-hydrogen) atoms. The van der Waals surface area contributed by atoms with Crippen LogP contribution >= 0.6 is 11.6 Å². The molecule has 0 saturated carbocycles. The number of nitrogens with one attached hydrogen (secondary N) is 1. The van der Waals surface area contributed by atoms with E-state index in [1.807, 2.05) is 0 Å². The van der Waals surface area contributed by atoms with Crippen molar-refractivity contribution in [3.63, 3.8) is 0 Å². The Labute approximate surface area is 169 Å². The molecule has 0 aliphatic carbocycles. The standard InChI is InChI=1S/C17H20ClN3O5S2/c1-20(2)27(23,24)12-9-10-14(18)13(11-12)17(22)19-15-7-5-6-8-16(15)28(25,26)21(3)4/h5-11H,1-4H3,(H,19,22). The first-order valence-corrected chi connectivity index (χ1v) is 11.2. The van der Waals surface area contributed by atoms with Gasteiger partial charge in [0.05, 0.1) is 21.2 Å². The molecule has 0 unspecified atom stereocenters. The molecule has 2 aromatic rings. The summed E-state index contributed by atoms with van der Waals surface area (Å²) in [5.41, 5.74) is -0.0419. The fourth-order valence-electron chi connectivity index (χ4n) is 2.23. The summed E-state index contributed by atoms with van der Waals surface area (Å²) in [5, 5.41) is 2.53. The highest BCUT2D eigenvalue weighted by molar-refractivity contribution is 7.89. The van der Waals surface area contributed by atoms with Crippen molar-refractivity contribution in [2.45, 2.75) is 9.79 Å². The van der Waals surface area contributed by atoms with E-state index < -0.39 is 26.0 Å². The van der Waals surface area contributed by atoms with Crippen LogP contribution in [0.2, 0.25) is 5.02 Å². The van der Waals surface area contributed by atoms with Crippen LogP contribution in [0.5, 0.6) is 0 Å². The van der Waals surface area contributed by atoms with Gasteiger partial charge in [-0.15, -0.1) is 0 Å². The molecule has 152 valence electrons. The lowest BCUT2D eigenvalue weighted by Crippen LogP contribution is -2.25. The molecule has 0 bridgehead atoms. The third-order valence-corrected chi connectivity index (χ3v) is 7.87. The highest BCUT2D eigenvalue weighted by Gasteiger charge is 2.24. The first kappa shape index (κ1) is 22.3. The minimum Gasteiger partial charge on any atom is -0.321 e. The molecule has 0 aromatic heterocycles. The number of benzene rings is 2. The zero-order valence-corrected chi connectivity index (χ0v) is 18.1. The summed E-state index contributed by atoms with van der Waals surface area (Å²) in [7, 11) is -2.09. The minimum absolute atomic E-state index is 0.0307. The largest absolute Gasteiger partial charge is 0.321 e. The summed E-state index contributed by atoms with van der Waals surface area (Å²) < 4.78 is 51.6. The van der Waals surface area contributed by atoms with Gasteiger partial charge in [-0.05, 0) is 30.3 Å². The number of hydrogen-bond acceptors (Lipinski definition) is 5. The second-order valence-corrected chi connectivity index (χ2v) is 10.8. The molecule has 2 rings (SSSR count). The van der Waals surface area contributed by atoms with E-state index in [0.717, 1.165) is 14.7 Å². The molecule has 0 spiro atoms. The van der Waals surface area contributed by atoms with Crippen molar-refractivity contribution < 1.29 is 21.6 Å². The lowest BCUT2D eigenvalue weighted by molar-refractivity contribution is 0.102. The van der Waals surface area contributed by atoms with E-state index >= 15 is 0 Å². The van der Waals surface area contributed by atoms with Crippen molar-refractivity contribution in [1.82, 2.24) is 8.61 Å². The number of anilines is 1. The lowest BCUT2D eigenvalue weighted by atomic mass is 10.2. The van der Waals surface area contributed by atoms with Crippen molar-refractivity contribution in [1.29, 1.82) is 0 Å². The number of amides is 1. The first-order chi connectivity index (χ1) is 12.9. The Kier molecular flexibility index (Phi) is 6.51. The molecule has 8 nitrogen and oxygen atoms in total. The summed E-state index contributed by atoms with van der Waals surface area (Å²) >= 11 is 6.07. The van der Waals surface area contributed by atoms with Crippen molar-refractivity contribution in [2.24, 2.45) is 0 Å².